The van der Waals surface area contributed by atoms with Crippen LogP contribution in [-0.4, -0.2) is 14.5 Å². The van der Waals surface area contributed by atoms with Crippen LogP contribution >= 0.6 is 0 Å². The summed E-state index contributed by atoms with van der Waals surface area (Å²) < 4.78 is 2.34. The molecule has 3 heterocycles. The van der Waals surface area contributed by atoms with Gasteiger partial charge >= 0.3 is 0 Å². The minimum atomic E-state index is 0. The number of nitrogens with two attached hydrogens (primary N) is 1. The van der Waals surface area contributed by atoms with Gasteiger partial charge in [0.15, 0.2) is 0 Å². The van der Waals surface area contributed by atoms with Gasteiger partial charge in [0.05, 0.1) is 0 Å². The fourth-order valence-corrected chi connectivity index (χ4v) is 5.08. The van der Waals surface area contributed by atoms with Crippen molar-refractivity contribution in [2.45, 2.75) is 32.7 Å². The average molecular weight is 506 g/mol. The van der Waals surface area contributed by atoms with Crippen molar-refractivity contribution < 1.29 is 32.7 Å². The Morgan fingerprint density at radius 3 is 2.58 bits per heavy atom. The number of pyridine rings is 2. The van der Waals surface area contributed by atoms with Crippen molar-refractivity contribution in [3.8, 4) is 22.4 Å². The van der Waals surface area contributed by atoms with Crippen LogP contribution in [0.3, 0.4) is 0 Å². The standard InChI is InChI=1S/C28H25N4.Y/c1-17-14-21(15-17)32-16-23(26-24(29)12-13-30-28(26)32)22-10-8-20-9-11-25(31-27(20)18(22)2)19-6-4-3-5-7-19;/h3-8,10-13,16-17,21H,14-15H2,1-2H3,(H2,29,30);/q-1;. The van der Waals surface area contributed by atoms with Gasteiger partial charge in [-0.3, -0.25) is 0 Å². The fraction of sp³-hybridized carbons (Fsp3) is 0.214. The van der Waals surface area contributed by atoms with Gasteiger partial charge in [-0.05, 0) is 54.1 Å². The van der Waals surface area contributed by atoms with Crippen LogP contribution in [0.15, 0.2) is 67.0 Å². The van der Waals surface area contributed by atoms with Crippen molar-refractivity contribution in [2.24, 2.45) is 5.92 Å². The molecule has 1 fully saturated rings. The second kappa shape index (κ2) is 8.66. The molecule has 1 aliphatic carbocycles. The van der Waals surface area contributed by atoms with Gasteiger partial charge in [-0.2, -0.15) is 0 Å². The van der Waals surface area contributed by atoms with E-state index in [0.717, 1.165) is 61.5 Å². The van der Waals surface area contributed by atoms with Gasteiger partial charge in [-0.1, -0.05) is 48.9 Å². The molecule has 0 aliphatic heterocycles. The maximum absolute atomic E-state index is 6.48. The molecule has 1 saturated carbocycles. The van der Waals surface area contributed by atoms with Crippen LogP contribution in [0.5, 0.6) is 0 Å². The summed E-state index contributed by atoms with van der Waals surface area (Å²) in [5.74, 6) is 0.764. The number of anilines is 1. The molecule has 5 heteroatoms. The van der Waals surface area contributed by atoms with E-state index >= 15 is 0 Å². The number of benzene rings is 2. The van der Waals surface area contributed by atoms with Gasteiger partial charge in [-0.25, -0.2) is 4.98 Å². The van der Waals surface area contributed by atoms with Crippen molar-refractivity contribution in [3.63, 3.8) is 0 Å². The Morgan fingerprint density at radius 2 is 1.82 bits per heavy atom. The largest absolute Gasteiger partial charge is 0.398 e. The van der Waals surface area contributed by atoms with E-state index in [1.807, 2.05) is 36.5 Å². The number of fused-ring (bicyclic) bond motifs is 2. The number of hydrogen-bond acceptors (Lipinski definition) is 3. The maximum atomic E-state index is 6.48. The molecule has 2 N–H and O–H groups in total. The smallest absolute Gasteiger partial charge is 0.142 e. The molecule has 0 bridgehead atoms. The summed E-state index contributed by atoms with van der Waals surface area (Å²) >= 11 is 0. The van der Waals surface area contributed by atoms with E-state index in [9.17, 15) is 0 Å². The minimum Gasteiger partial charge on any atom is -0.398 e. The predicted molar refractivity (Wildman–Crippen MR) is 131 cm³/mol. The third-order valence-electron chi connectivity index (χ3n) is 6.87. The molecule has 1 radical (unpaired) electrons. The molecule has 161 valence electrons. The van der Waals surface area contributed by atoms with Crippen molar-refractivity contribution >= 4 is 27.6 Å². The molecular weight excluding hydrogens is 481 g/mol. The fourth-order valence-electron chi connectivity index (χ4n) is 5.08. The quantitative estimate of drug-likeness (QED) is 0.282. The monoisotopic (exact) mass is 506 g/mol. The number of rotatable bonds is 3. The van der Waals surface area contributed by atoms with E-state index in [2.05, 4.69) is 54.9 Å². The number of aryl methyl sites for hydroxylation is 1. The van der Waals surface area contributed by atoms with Gasteiger partial charge in [0.25, 0.3) is 0 Å². The molecule has 2 aromatic carbocycles. The molecule has 1 aliphatic rings. The van der Waals surface area contributed by atoms with Gasteiger partial charge in [0.1, 0.15) is 5.65 Å². The Labute approximate surface area is 219 Å². The first-order valence-corrected chi connectivity index (χ1v) is 11.2. The number of nitrogens with zero attached hydrogens (tertiary/aromatic N) is 3. The third-order valence-corrected chi connectivity index (χ3v) is 6.87. The molecule has 4 nitrogen and oxygen atoms in total. The van der Waals surface area contributed by atoms with Gasteiger partial charge in [0, 0.05) is 67.8 Å². The van der Waals surface area contributed by atoms with E-state index in [4.69, 9.17) is 15.7 Å². The molecule has 5 aromatic rings. The molecular formula is C28H25N4Y-. The van der Waals surface area contributed by atoms with Gasteiger partial charge < -0.3 is 15.3 Å². The Hall–Kier alpha value is -2.56. The predicted octanol–water partition coefficient (Wildman–Crippen LogP) is 6.58. The van der Waals surface area contributed by atoms with E-state index in [1.165, 1.54) is 12.8 Å². The zero-order chi connectivity index (χ0) is 21.8. The summed E-state index contributed by atoms with van der Waals surface area (Å²) in [7, 11) is 0. The SMILES string of the molecule is Cc1c(-c2cn(C3CC(C)C3)c3nccc(N)c23)ccc2[c-]cc(-c3ccccc3)nc12.[Y]. The minimum absolute atomic E-state index is 0. The first-order valence-electron chi connectivity index (χ1n) is 11.2. The summed E-state index contributed by atoms with van der Waals surface area (Å²) in [5, 5.41) is 2.06. The van der Waals surface area contributed by atoms with Crippen LogP contribution in [0.25, 0.3) is 44.3 Å². The first kappa shape index (κ1) is 22.2. The summed E-state index contributed by atoms with van der Waals surface area (Å²) in [4.78, 5) is 9.75. The van der Waals surface area contributed by atoms with Crippen LogP contribution in [-0.2, 0) is 32.7 Å². The average Bonchev–Trinajstić information content (AvgIpc) is 3.18. The third kappa shape index (κ3) is 3.70. The summed E-state index contributed by atoms with van der Waals surface area (Å²) in [6.45, 7) is 4.46. The van der Waals surface area contributed by atoms with E-state index in [-0.39, 0.29) is 32.7 Å². The Balaban J connectivity index is 0.00000228. The molecule has 0 amide bonds. The molecule has 0 spiro atoms. The molecule has 6 rings (SSSR count). The van der Waals surface area contributed by atoms with Crippen LogP contribution in [0.1, 0.15) is 31.4 Å². The van der Waals surface area contributed by atoms with Crippen molar-refractivity contribution in [1.29, 1.82) is 0 Å². The number of hydrogen-bond donors (Lipinski definition) is 1. The van der Waals surface area contributed by atoms with Gasteiger partial charge in [0.2, 0.25) is 0 Å². The number of aromatic nitrogens is 3. The Bertz CT molecular complexity index is 1470. The molecule has 0 atom stereocenters. The number of nitrogen functional groups attached to an aromatic ring is 1. The Morgan fingerprint density at radius 1 is 1.03 bits per heavy atom. The van der Waals surface area contributed by atoms with Crippen molar-refractivity contribution in [3.05, 3.63) is 78.6 Å². The molecule has 3 aromatic heterocycles. The zero-order valence-electron chi connectivity index (χ0n) is 18.9. The maximum Gasteiger partial charge on any atom is 0.142 e. The van der Waals surface area contributed by atoms with Gasteiger partial charge in [-0.15, -0.1) is 23.6 Å². The van der Waals surface area contributed by atoms with Crippen LogP contribution in [0, 0.1) is 18.9 Å². The van der Waals surface area contributed by atoms with Crippen LogP contribution < -0.4 is 5.73 Å². The second-order valence-corrected chi connectivity index (χ2v) is 9.07. The Kier molecular flexibility index (Phi) is 5.84. The van der Waals surface area contributed by atoms with E-state index in [1.54, 1.807) is 0 Å². The van der Waals surface area contributed by atoms with Crippen molar-refractivity contribution in [1.82, 2.24) is 14.5 Å². The van der Waals surface area contributed by atoms with Crippen molar-refractivity contribution in [2.75, 3.05) is 5.73 Å². The zero-order valence-corrected chi connectivity index (χ0v) is 21.8. The first-order chi connectivity index (χ1) is 15.6. The van der Waals surface area contributed by atoms with Crippen LogP contribution in [0.4, 0.5) is 5.69 Å². The molecule has 33 heavy (non-hydrogen) atoms. The normalized spacial score (nSPS) is 17.6. The van der Waals surface area contributed by atoms with Crippen LogP contribution in [0.2, 0.25) is 0 Å². The van der Waals surface area contributed by atoms with E-state index in [0.29, 0.717) is 6.04 Å². The topological polar surface area (TPSA) is 56.7 Å². The summed E-state index contributed by atoms with van der Waals surface area (Å²) in [6, 6.07) is 22.3. The second-order valence-electron chi connectivity index (χ2n) is 9.07. The molecule has 0 unspecified atom stereocenters. The summed E-state index contributed by atoms with van der Waals surface area (Å²) in [5.41, 5.74) is 14.7. The summed E-state index contributed by atoms with van der Waals surface area (Å²) in [6.07, 6.45) is 6.44. The van der Waals surface area contributed by atoms with E-state index < -0.39 is 0 Å². The molecule has 0 saturated heterocycles.